The lowest BCUT2D eigenvalue weighted by Crippen LogP contribution is -2.12. The Kier molecular flexibility index (Phi) is 4.48. The van der Waals surface area contributed by atoms with Crippen LogP contribution < -0.4 is 10.2 Å². The van der Waals surface area contributed by atoms with Gasteiger partial charge < -0.3 is 18.9 Å². The van der Waals surface area contributed by atoms with E-state index in [0.29, 0.717) is 28.0 Å². The minimum atomic E-state index is -0.0729. The quantitative estimate of drug-likeness (QED) is 0.493. The fraction of sp³-hybridized carbons (Fsp3) is 0.280. The molecular weight excluding hydrogens is 392 g/mol. The van der Waals surface area contributed by atoms with E-state index in [1.54, 1.807) is 32.5 Å². The maximum absolute atomic E-state index is 13.0. The van der Waals surface area contributed by atoms with Gasteiger partial charge >= 0.3 is 0 Å². The Hall–Kier alpha value is -3.38. The normalized spacial score (nSPS) is 17.1. The van der Waals surface area contributed by atoms with Gasteiger partial charge in [-0.25, -0.2) is 4.98 Å². The maximum atomic E-state index is 13.0. The number of hydrogen-bond acceptors (Lipinski definition) is 5. The van der Waals surface area contributed by atoms with Crippen LogP contribution >= 0.6 is 0 Å². The molecule has 2 heterocycles. The summed E-state index contributed by atoms with van der Waals surface area (Å²) in [6.07, 6.45) is 3.96. The molecule has 2 aromatic heterocycles. The first-order valence-corrected chi connectivity index (χ1v) is 10.2. The molecule has 0 saturated heterocycles. The fourth-order valence-corrected chi connectivity index (χ4v) is 4.65. The fourth-order valence-electron chi connectivity index (χ4n) is 4.65. The summed E-state index contributed by atoms with van der Waals surface area (Å²) in [5, 5.41) is 0.563. The maximum Gasteiger partial charge on any atom is 0.190 e. The van der Waals surface area contributed by atoms with Crippen LogP contribution in [0.1, 0.15) is 37.5 Å². The van der Waals surface area contributed by atoms with Gasteiger partial charge in [0.05, 0.1) is 30.5 Å². The molecule has 5 rings (SSSR count). The molecule has 0 spiro atoms. The second-order valence-corrected chi connectivity index (χ2v) is 8.63. The highest BCUT2D eigenvalue weighted by atomic mass is 16.5. The Bertz CT molecular complexity index is 1340. The third-order valence-electron chi connectivity index (χ3n) is 6.27. The number of fused-ring (bicyclic) bond motifs is 2. The molecule has 0 amide bonds. The minimum absolute atomic E-state index is 0.0571. The minimum Gasteiger partial charge on any atom is -0.496 e. The molecule has 0 saturated carbocycles. The van der Waals surface area contributed by atoms with E-state index in [1.807, 2.05) is 6.07 Å². The lowest BCUT2D eigenvalue weighted by Gasteiger charge is -2.19. The molecule has 31 heavy (non-hydrogen) atoms. The van der Waals surface area contributed by atoms with E-state index in [1.165, 1.54) is 17.5 Å². The van der Waals surface area contributed by atoms with Gasteiger partial charge in [-0.3, -0.25) is 4.79 Å². The highest BCUT2D eigenvalue weighted by molar-refractivity contribution is 5.88. The van der Waals surface area contributed by atoms with Crippen LogP contribution in [0.4, 0.5) is 0 Å². The first kappa shape index (κ1) is 19.6. The number of hydrogen-bond donors (Lipinski definition) is 1. The summed E-state index contributed by atoms with van der Waals surface area (Å²) in [4.78, 5) is 20.4. The summed E-state index contributed by atoms with van der Waals surface area (Å²) >= 11 is 0. The number of methoxy groups -OCH3 is 2. The monoisotopic (exact) mass is 416 g/mol. The third-order valence-corrected chi connectivity index (χ3v) is 6.27. The molecule has 1 aliphatic carbocycles. The van der Waals surface area contributed by atoms with Crippen LogP contribution in [0, 0.1) is 0 Å². The van der Waals surface area contributed by atoms with Crippen LogP contribution in [0.15, 0.2) is 58.2 Å². The largest absolute Gasteiger partial charge is 0.496 e. The smallest absolute Gasteiger partial charge is 0.190 e. The average Bonchev–Trinajstić information content (AvgIpc) is 3.39. The molecule has 6 nitrogen and oxygen atoms in total. The van der Waals surface area contributed by atoms with Crippen molar-refractivity contribution >= 4 is 10.9 Å². The molecule has 0 aliphatic heterocycles. The van der Waals surface area contributed by atoms with Gasteiger partial charge in [-0.15, -0.1) is 0 Å². The van der Waals surface area contributed by atoms with Gasteiger partial charge in [-0.1, -0.05) is 26.0 Å². The molecule has 0 radical (unpaired) electrons. The van der Waals surface area contributed by atoms with Crippen LogP contribution in [-0.4, -0.2) is 24.2 Å². The van der Waals surface area contributed by atoms with Crippen molar-refractivity contribution in [3.05, 3.63) is 70.3 Å². The lowest BCUT2D eigenvalue weighted by molar-refractivity contribution is 0.0930. The molecule has 0 bridgehead atoms. The van der Waals surface area contributed by atoms with E-state index >= 15 is 0 Å². The van der Waals surface area contributed by atoms with Gasteiger partial charge in [0.1, 0.15) is 5.75 Å². The van der Waals surface area contributed by atoms with Gasteiger partial charge in [0.2, 0.25) is 0 Å². The van der Waals surface area contributed by atoms with E-state index in [0.717, 1.165) is 17.7 Å². The van der Waals surface area contributed by atoms with Gasteiger partial charge in [0, 0.05) is 30.3 Å². The molecule has 4 aromatic rings. The zero-order chi connectivity index (χ0) is 21.8. The Morgan fingerprint density at radius 1 is 1.16 bits per heavy atom. The van der Waals surface area contributed by atoms with Crippen LogP contribution in [0.3, 0.4) is 0 Å². The van der Waals surface area contributed by atoms with Crippen LogP contribution in [0.2, 0.25) is 0 Å². The highest BCUT2D eigenvalue weighted by Gasteiger charge is 2.37. The summed E-state index contributed by atoms with van der Waals surface area (Å²) in [7, 11) is 3.34. The number of aromatic amines is 1. The van der Waals surface area contributed by atoms with E-state index < -0.39 is 0 Å². The summed E-state index contributed by atoms with van der Waals surface area (Å²) < 4.78 is 16.7. The van der Waals surface area contributed by atoms with Gasteiger partial charge in [-0.2, -0.15) is 0 Å². The summed E-state index contributed by atoms with van der Waals surface area (Å²) in [6, 6.07) is 11.6. The van der Waals surface area contributed by atoms with Crippen molar-refractivity contribution in [2.75, 3.05) is 14.2 Å². The molecular formula is C25H24N2O4. The molecule has 1 unspecified atom stereocenters. The van der Waals surface area contributed by atoms with Gasteiger partial charge in [0.15, 0.2) is 17.6 Å². The van der Waals surface area contributed by atoms with Crippen molar-refractivity contribution in [1.29, 1.82) is 0 Å². The molecule has 6 heteroatoms. The highest BCUT2D eigenvalue weighted by Crippen LogP contribution is 2.47. The van der Waals surface area contributed by atoms with Crippen molar-refractivity contribution in [3.63, 3.8) is 0 Å². The van der Waals surface area contributed by atoms with E-state index in [-0.39, 0.29) is 16.9 Å². The molecule has 0 fully saturated rings. The van der Waals surface area contributed by atoms with Crippen LogP contribution in [0.5, 0.6) is 5.75 Å². The standard InChI is InChI=1S/C25H24N2O4/c1-25(2)11-23(30-4)15-7-14(5-6-18(15)25)19-9-21(28)16-8-17(24-12-26-13-31-24)22(29-3)10-20(16)27-19/h5-10,12-13,23H,11H2,1-4H3,(H,27,28). The van der Waals surface area contributed by atoms with E-state index in [4.69, 9.17) is 13.9 Å². The van der Waals surface area contributed by atoms with Crippen molar-refractivity contribution in [2.45, 2.75) is 31.8 Å². The second kappa shape index (κ2) is 7.10. The Morgan fingerprint density at radius 3 is 2.71 bits per heavy atom. The average molecular weight is 416 g/mol. The van der Waals surface area contributed by atoms with Crippen molar-refractivity contribution in [3.8, 4) is 28.3 Å². The SMILES string of the molecule is COc1cc2[nH]c(-c3ccc4c(c3)C(OC)CC4(C)C)cc(=O)c2cc1-c1cnco1. The lowest BCUT2D eigenvalue weighted by atomic mass is 9.86. The summed E-state index contributed by atoms with van der Waals surface area (Å²) in [5.74, 6) is 1.15. The predicted octanol–water partition coefficient (Wildman–Crippen LogP) is 5.23. The second-order valence-electron chi connectivity index (χ2n) is 8.63. The van der Waals surface area contributed by atoms with Crippen molar-refractivity contribution in [2.24, 2.45) is 0 Å². The number of pyridine rings is 1. The third kappa shape index (κ3) is 3.15. The van der Waals surface area contributed by atoms with Crippen LogP contribution in [0.25, 0.3) is 33.5 Å². The molecule has 1 aliphatic rings. The first-order valence-electron chi connectivity index (χ1n) is 10.2. The number of benzene rings is 2. The van der Waals surface area contributed by atoms with Gasteiger partial charge in [-0.05, 0) is 40.7 Å². The molecule has 1 atom stereocenters. The Labute approximate surface area is 179 Å². The molecule has 1 N–H and O–H groups in total. The topological polar surface area (TPSA) is 77.4 Å². The molecule has 158 valence electrons. The predicted molar refractivity (Wildman–Crippen MR) is 119 cm³/mol. The van der Waals surface area contributed by atoms with Gasteiger partial charge in [0.25, 0.3) is 0 Å². The summed E-state index contributed by atoms with van der Waals surface area (Å²) in [5.41, 5.74) is 5.57. The number of nitrogens with zero attached hydrogens (tertiary/aromatic N) is 1. The zero-order valence-electron chi connectivity index (χ0n) is 18.0. The van der Waals surface area contributed by atoms with E-state index in [9.17, 15) is 4.79 Å². The van der Waals surface area contributed by atoms with Crippen LogP contribution in [-0.2, 0) is 10.2 Å². The number of H-pyrrole nitrogens is 1. The molecule has 2 aromatic carbocycles. The first-order chi connectivity index (χ1) is 14.9. The number of oxazole rings is 1. The Balaban J connectivity index is 1.66. The zero-order valence-corrected chi connectivity index (χ0v) is 18.0. The summed E-state index contributed by atoms with van der Waals surface area (Å²) in [6.45, 7) is 4.47. The number of ether oxygens (including phenoxy) is 2. The van der Waals surface area contributed by atoms with E-state index in [2.05, 4.69) is 42.0 Å². The number of rotatable bonds is 4. The number of nitrogens with one attached hydrogen (secondary N) is 1. The number of aromatic nitrogens is 2. The Morgan fingerprint density at radius 2 is 2.00 bits per heavy atom. The van der Waals surface area contributed by atoms with Crippen molar-refractivity contribution in [1.82, 2.24) is 9.97 Å². The van der Waals surface area contributed by atoms with Crippen molar-refractivity contribution < 1.29 is 13.9 Å².